The number of nitrogens with zero attached hydrogens (tertiary/aromatic N) is 1. The maximum atomic E-state index is 12.4. The van der Waals surface area contributed by atoms with E-state index in [-0.39, 0.29) is 23.7 Å². The molecular weight excluding hydrogens is 302 g/mol. The molecule has 0 spiro atoms. The molecule has 0 aromatic heterocycles. The van der Waals surface area contributed by atoms with Gasteiger partial charge < -0.3 is 10.6 Å². The smallest absolute Gasteiger partial charge is 0.227 e. The Morgan fingerprint density at radius 3 is 2.38 bits per heavy atom. The van der Waals surface area contributed by atoms with Crippen LogP contribution in [0.25, 0.3) is 0 Å². The Hall–Kier alpha value is -2.35. The first-order valence-corrected chi connectivity index (χ1v) is 8.73. The molecular formula is C19H25N3O2. The number of hydrogen-bond donors (Lipinski definition) is 2. The van der Waals surface area contributed by atoms with Crippen molar-refractivity contribution in [3.05, 3.63) is 29.8 Å². The third kappa shape index (κ3) is 4.82. The minimum Gasteiger partial charge on any atom is -0.356 e. The molecule has 0 unspecified atom stereocenters. The van der Waals surface area contributed by atoms with Crippen LogP contribution in [-0.4, -0.2) is 18.4 Å². The van der Waals surface area contributed by atoms with Gasteiger partial charge in [0, 0.05) is 18.4 Å². The highest BCUT2D eigenvalue weighted by Crippen LogP contribution is 2.30. The van der Waals surface area contributed by atoms with E-state index in [0.29, 0.717) is 24.1 Å². The van der Waals surface area contributed by atoms with Gasteiger partial charge in [-0.2, -0.15) is 5.26 Å². The number of amides is 2. The molecule has 1 fully saturated rings. The van der Waals surface area contributed by atoms with Crippen LogP contribution in [-0.2, 0) is 9.59 Å². The first-order valence-electron chi connectivity index (χ1n) is 8.73. The van der Waals surface area contributed by atoms with Gasteiger partial charge in [0.05, 0.1) is 11.3 Å². The quantitative estimate of drug-likeness (QED) is 0.787. The summed E-state index contributed by atoms with van der Waals surface area (Å²) in [5, 5.41) is 14.9. The highest BCUT2D eigenvalue weighted by molar-refractivity contribution is 5.94. The van der Waals surface area contributed by atoms with Crippen LogP contribution in [0, 0.1) is 23.2 Å². The number of benzene rings is 1. The van der Waals surface area contributed by atoms with Crippen molar-refractivity contribution in [3.8, 4) is 6.07 Å². The van der Waals surface area contributed by atoms with Crippen LogP contribution in [0.15, 0.2) is 24.3 Å². The highest BCUT2D eigenvalue weighted by atomic mass is 16.2. The van der Waals surface area contributed by atoms with Crippen molar-refractivity contribution in [2.24, 2.45) is 11.8 Å². The lowest BCUT2D eigenvalue weighted by Gasteiger charge is -2.27. The number of rotatable bonds is 6. The van der Waals surface area contributed by atoms with Gasteiger partial charge in [-0.05, 0) is 44.2 Å². The summed E-state index contributed by atoms with van der Waals surface area (Å²) in [7, 11) is 0. The predicted octanol–water partition coefficient (Wildman–Crippen LogP) is 3.22. The van der Waals surface area contributed by atoms with Gasteiger partial charge in [0.15, 0.2) is 0 Å². The molecule has 2 rings (SSSR count). The summed E-state index contributed by atoms with van der Waals surface area (Å²) in [6, 6.07) is 9.08. The fraction of sp³-hybridized carbons (Fsp3) is 0.526. The van der Waals surface area contributed by atoms with Gasteiger partial charge in [0.25, 0.3) is 0 Å². The second-order valence-corrected chi connectivity index (χ2v) is 6.34. The second kappa shape index (κ2) is 9.07. The number of hydrogen-bond acceptors (Lipinski definition) is 3. The molecule has 24 heavy (non-hydrogen) atoms. The monoisotopic (exact) mass is 327 g/mol. The van der Waals surface area contributed by atoms with Crippen molar-refractivity contribution >= 4 is 17.5 Å². The second-order valence-electron chi connectivity index (χ2n) is 6.34. The number of anilines is 1. The van der Waals surface area contributed by atoms with Gasteiger partial charge >= 0.3 is 0 Å². The van der Waals surface area contributed by atoms with Crippen molar-refractivity contribution in [3.63, 3.8) is 0 Å². The molecule has 5 nitrogen and oxygen atoms in total. The van der Waals surface area contributed by atoms with E-state index < -0.39 is 0 Å². The van der Waals surface area contributed by atoms with Crippen LogP contribution in [0.3, 0.4) is 0 Å². The molecule has 0 atom stereocenters. The molecule has 0 bridgehead atoms. The molecule has 5 heteroatoms. The minimum absolute atomic E-state index is 0.0253. The van der Waals surface area contributed by atoms with Crippen LogP contribution in [0.4, 0.5) is 5.69 Å². The molecule has 0 saturated heterocycles. The minimum atomic E-state index is -0.0866. The molecule has 2 amide bonds. The van der Waals surface area contributed by atoms with Crippen molar-refractivity contribution in [1.82, 2.24) is 5.32 Å². The highest BCUT2D eigenvalue weighted by Gasteiger charge is 2.29. The molecule has 1 aliphatic carbocycles. The molecule has 1 aliphatic rings. The number of nitrogens with one attached hydrogen (secondary N) is 2. The lowest BCUT2D eigenvalue weighted by atomic mass is 9.81. The van der Waals surface area contributed by atoms with Gasteiger partial charge in [-0.3, -0.25) is 9.59 Å². The maximum Gasteiger partial charge on any atom is 0.227 e. The normalized spacial score (nSPS) is 20.0. The van der Waals surface area contributed by atoms with Crippen LogP contribution in [0.5, 0.6) is 0 Å². The van der Waals surface area contributed by atoms with E-state index in [1.807, 2.05) is 0 Å². The van der Waals surface area contributed by atoms with Gasteiger partial charge in [-0.15, -0.1) is 0 Å². The summed E-state index contributed by atoms with van der Waals surface area (Å²) in [6.07, 6.45) is 4.99. The topological polar surface area (TPSA) is 82.0 Å². The summed E-state index contributed by atoms with van der Waals surface area (Å²) < 4.78 is 0. The van der Waals surface area contributed by atoms with Crippen molar-refractivity contribution in [1.29, 1.82) is 5.26 Å². The number of nitriles is 1. The molecule has 1 saturated carbocycles. The molecule has 0 radical (unpaired) electrons. The van der Waals surface area contributed by atoms with Crippen molar-refractivity contribution < 1.29 is 9.59 Å². The van der Waals surface area contributed by atoms with Crippen molar-refractivity contribution in [2.75, 3.05) is 11.9 Å². The van der Waals surface area contributed by atoms with Crippen LogP contribution in [0.2, 0.25) is 0 Å². The third-order valence-corrected chi connectivity index (χ3v) is 4.60. The first-order chi connectivity index (χ1) is 11.7. The Labute approximate surface area is 143 Å². The summed E-state index contributed by atoms with van der Waals surface area (Å²) in [5.41, 5.74) is 1.03. The van der Waals surface area contributed by atoms with Crippen molar-refractivity contribution in [2.45, 2.75) is 45.4 Å². The Morgan fingerprint density at radius 1 is 1.12 bits per heavy atom. The number of unbranched alkanes of at least 4 members (excludes halogenated alkanes) is 1. The average Bonchev–Trinajstić information content (AvgIpc) is 2.62. The summed E-state index contributed by atoms with van der Waals surface area (Å²) in [6.45, 7) is 2.83. The summed E-state index contributed by atoms with van der Waals surface area (Å²) >= 11 is 0. The fourth-order valence-electron chi connectivity index (χ4n) is 3.07. The van der Waals surface area contributed by atoms with Gasteiger partial charge in [0.2, 0.25) is 11.8 Å². The van der Waals surface area contributed by atoms with Crippen LogP contribution < -0.4 is 10.6 Å². The zero-order valence-corrected chi connectivity index (χ0v) is 14.2. The van der Waals surface area contributed by atoms with E-state index >= 15 is 0 Å². The molecule has 1 aromatic rings. The molecule has 0 heterocycles. The van der Waals surface area contributed by atoms with E-state index in [2.05, 4.69) is 23.6 Å². The zero-order chi connectivity index (χ0) is 17.4. The van der Waals surface area contributed by atoms with E-state index in [1.165, 1.54) is 0 Å². The lowest BCUT2D eigenvalue weighted by molar-refractivity contribution is -0.128. The number of para-hydroxylation sites is 1. The Bertz CT molecular complexity index is 613. The van der Waals surface area contributed by atoms with E-state index in [9.17, 15) is 9.59 Å². The van der Waals surface area contributed by atoms with Gasteiger partial charge in [-0.1, -0.05) is 25.5 Å². The predicted molar refractivity (Wildman–Crippen MR) is 93.2 cm³/mol. The molecule has 2 N–H and O–H groups in total. The lowest BCUT2D eigenvalue weighted by Crippen LogP contribution is -2.36. The zero-order valence-electron chi connectivity index (χ0n) is 14.2. The summed E-state index contributed by atoms with van der Waals surface area (Å²) in [4.78, 5) is 24.5. The van der Waals surface area contributed by atoms with Gasteiger partial charge in [0.1, 0.15) is 6.07 Å². The molecule has 0 aliphatic heterocycles. The summed E-state index contributed by atoms with van der Waals surface area (Å²) in [5.74, 6) is 0.00779. The Morgan fingerprint density at radius 2 is 1.75 bits per heavy atom. The average molecular weight is 327 g/mol. The third-order valence-electron chi connectivity index (χ3n) is 4.60. The maximum absolute atomic E-state index is 12.4. The first kappa shape index (κ1) is 18.0. The fourth-order valence-corrected chi connectivity index (χ4v) is 3.07. The van der Waals surface area contributed by atoms with Gasteiger partial charge in [-0.25, -0.2) is 0 Å². The van der Waals surface area contributed by atoms with Crippen LogP contribution >= 0.6 is 0 Å². The SMILES string of the molecule is CCCCNC(=O)C1CCC(C(=O)Nc2ccccc2C#N)CC1. The molecule has 1 aromatic carbocycles. The van der Waals surface area contributed by atoms with E-state index in [1.54, 1.807) is 24.3 Å². The van der Waals surface area contributed by atoms with E-state index in [0.717, 1.165) is 32.2 Å². The molecule has 128 valence electrons. The number of carbonyl (C=O) groups excluding carboxylic acids is 2. The Balaban J connectivity index is 1.82. The largest absolute Gasteiger partial charge is 0.356 e. The van der Waals surface area contributed by atoms with E-state index in [4.69, 9.17) is 5.26 Å². The number of carbonyl (C=O) groups is 2. The Kier molecular flexibility index (Phi) is 6.80. The standard InChI is InChI=1S/C19H25N3O2/c1-2-3-12-21-18(23)14-8-10-15(11-9-14)19(24)22-17-7-5-4-6-16(17)13-20/h4-7,14-15H,2-3,8-12H2,1H3,(H,21,23)(H,22,24). The van der Waals surface area contributed by atoms with Crippen LogP contribution in [0.1, 0.15) is 51.0 Å².